The molecule has 0 unspecified atom stereocenters. The number of rotatable bonds is 3. The van der Waals surface area contributed by atoms with E-state index in [-0.39, 0.29) is 10.8 Å². The van der Waals surface area contributed by atoms with Gasteiger partial charge >= 0.3 is 0 Å². The molecule has 0 bridgehead atoms. The summed E-state index contributed by atoms with van der Waals surface area (Å²) >= 11 is 0. The van der Waals surface area contributed by atoms with Crippen LogP contribution < -0.4 is 4.72 Å². The van der Waals surface area contributed by atoms with Crippen molar-refractivity contribution in [1.29, 1.82) is 5.26 Å². The summed E-state index contributed by atoms with van der Waals surface area (Å²) in [4.78, 5) is 0.102. The Bertz CT molecular complexity index is 801. The molecule has 1 heterocycles. The molecule has 0 amide bonds. The minimum Gasteiger partial charge on any atom is -0.337 e. The maximum absolute atomic E-state index is 12.3. The van der Waals surface area contributed by atoms with Gasteiger partial charge in [-0.1, -0.05) is 5.16 Å². The van der Waals surface area contributed by atoms with Crippen molar-refractivity contribution in [3.63, 3.8) is 0 Å². The summed E-state index contributed by atoms with van der Waals surface area (Å²) in [5.74, 6) is 0.103. The lowest BCUT2D eigenvalue weighted by Gasteiger charge is -2.08. The van der Waals surface area contributed by atoms with Gasteiger partial charge in [-0.15, -0.1) is 0 Å². The summed E-state index contributed by atoms with van der Waals surface area (Å²) in [7, 11) is -3.77. The first kappa shape index (κ1) is 14.1. The Kier molecular flexibility index (Phi) is 3.51. The summed E-state index contributed by atoms with van der Waals surface area (Å²) in [5, 5.41) is 12.5. The number of aromatic nitrogens is 1. The van der Waals surface area contributed by atoms with Gasteiger partial charge in [-0.25, -0.2) is 13.1 Å². The van der Waals surface area contributed by atoms with Crippen LogP contribution in [0.15, 0.2) is 27.6 Å². The quantitative estimate of drug-likeness (QED) is 0.935. The van der Waals surface area contributed by atoms with Crippen LogP contribution in [-0.2, 0) is 10.0 Å². The number of anilines is 1. The fraction of sp³-hybridized carbons (Fsp3) is 0.231. The topological polar surface area (TPSA) is 96.0 Å². The summed E-state index contributed by atoms with van der Waals surface area (Å²) in [6, 6.07) is 6.34. The molecular formula is C13H13N3O3S. The molecule has 0 fully saturated rings. The minimum absolute atomic E-state index is 0.102. The van der Waals surface area contributed by atoms with Crippen molar-refractivity contribution < 1.29 is 12.9 Å². The lowest BCUT2D eigenvalue weighted by Crippen LogP contribution is -2.14. The first-order valence-corrected chi connectivity index (χ1v) is 7.30. The minimum atomic E-state index is -3.77. The molecule has 7 heteroatoms. The van der Waals surface area contributed by atoms with Crippen molar-refractivity contribution in [1.82, 2.24) is 5.16 Å². The van der Waals surface area contributed by atoms with E-state index >= 15 is 0 Å². The molecule has 0 atom stereocenters. The third-order valence-electron chi connectivity index (χ3n) is 2.98. The number of nitrogens with zero attached hydrogens (tertiary/aromatic N) is 2. The number of nitrogens with one attached hydrogen (secondary N) is 1. The van der Waals surface area contributed by atoms with Gasteiger partial charge in [-0.3, -0.25) is 0 Å². The van der Waals surface area contributed by atoms with Crippen LogP contribution in [0.1, 0.15) is 22.4 Å². The van der Waals surface area contributed by atoms with Crippen molar-refractivity contribution in [3.05, 3.63) is 40.6 Å². The molecule has 104 valence electrons. The van der Waals surface area contributed by atoms with Crippen LogP contribution in [-0.4, -0.2) is 13.6 Å². The highest BCUT2D eigenvalue weighted by molar-refractivity contribution is 7.92. The zero-order valence-electron chi connectivity index (χ0n) is 11.3. The second kappa shape index (κ2) is 4.98. The SMILES string of the molecule is Cc1cc(C#N)ccc1S(=O)(=O)Nc1onc(C)c1C. The third-order valence-corrected chi connectivity index (χ3v) is 4.47. The smallest absolute Gasteiger partial charge is 0.264 e. The predicted octanol–water partition coefficient (Wildman–Crippen LogP) is 2.27. The highest BCUT2D eigenvalue weighted by Crippen LogP contribution is 2.23. The van der Waals surface area contributed by atoms with E-state index in [9.17, 15) is 8.42 Å². The van der Waals surface area contributed by atoms with Gasteiger partial charge in [0.25, 0.3) is 10.0 Å². The van der Waals surface area contributed by atoms with Crippen molar-refractivity contribution in [2.45, 2.75) is 25.7 Å². The predicted molar refractivity (Wildman–Crippen MR) is 72.7 cm³/mol. The van der Waals surface area contributed by atoms with Crippen LogP contribution in [0.4, 0.5) is 5.88 Å². The lowest BCUT2D eigenvalue weighted by molar-refractivity contribution is 0.430. The summed E-state index contributed by atoms with van der Waals surface area (Å²) in [6.07, 6.45) is 0. The van der Waals surface area contributed by atoms with E-state index < -0.39 is 10.0 Å². The molecule has 2 rings (SSSR count). The molecule has 1 aromatic carbocycles. The molecule has 0 aliphatic carbocycles. The number of hydrogen-bond acceptors (Lipinski definition) is 5. The van der Waals surface area contributed by atoms with E-state index in [1.807, 2.05) is 6.07 Å². The van der Waals surface area contributed by atoms with Gasteiger partial charge in [0.1, 0.15) is 0 Å². The molecule has 20 heavy (non-hydrogen) atoms. The maximum Gasteiger partial charge on any atom is 0.264 e. The second-order valence-corrected chi connectivity index (χ2v) is 6.07. The Hall–Kier alpha value is -2.33. The molecule has 0 aliphatic heterocycles. The first-order valence-electron chi connectivity index (χ1n) is 5.81. The third kappa shape index (κ3) is 2.51. The zero-order valence-corrected chi connectivity index (χ0v) is 12.1. The Labute approximate surface area is 117 Å². The zero-order chi connectivity index (χ0) is 14.9. The average Bonchev–Trinajstić information content (AvgIpc) is 2.69. The average molecular weight is 291 g/mol. The van der Waals surface area contributed by atoms with Crippen molar-refractivity contribution in [2.75, 3.05) is 4.72 Å². The molecule has 1 N–H and O–H groups in total. The number of hydrogen-bond donors (Lipinski definition) is 1. The van der Waals surface area contributed by atoms with Crippen molar-refractivity contribution >= 4 is 15.9 Å². The molecule has 1 aromatic heterocycles. The molecular weight excluding hydrogens is 278 g/mol. The van der Waals surface area contributed by atoms with E-state index in [2.05, 4.69) is 9.88 Å². The Morgan fingerprint density at radius 1 is 1.30 bits per heavy atom. The number of benzene rings is 1. The van der Waals surface area contributed by atoms with E-state index in [1.165, 1.54) is 18.2 Å². The van der Waals surface area contributed by atoms with Crippen LogP contribution in [0.3, 0.4) is 0 Å². The molecule has 0 aliphatic rings. The van der Waals surface area contributed by atoms with E-state index in [0.717, 1.165) is 0 Å². The van der Waals surface area contributed by atoms with E-state index in [1.54, 1.807) is 20.8 Å². The van der Waals surface area contributed by atoms with Gasteiger partial charge in [-0.2, -0.15) is 5.26 Å². The van der Waals surface area contributed by atoms with Crippen LogP contribution >= 0.6 is 0 Å². The standard InChI is InChI=1S/C13H13N3O3S/c1-8-6-11(7-14)4-5-12(8)20(17,18)16-13-9(2)10(3)15-19-13/h4-6,16H,1-3H3. The maximum atomic E-state index is 12.3. The Morgan fingerprint density at radius 2 is 2.00 bits per heavy atom. The van der Waals surface area contributed by atoms with Gasteiger partial charge in [0.15, 0.2) is 0 Å². The van der Waals surface area contributed by atoms with Crippen LogP contribution in [0, 0.1) is 32.1 Å². The number of nitriles is 1. The first-order chi connectivity index (χ1) is 9.35. The van der Waals surface area contributed by atoms with Crippen molar-refractivity contribution in [3.8, 4) is 6.07 Å². The molecule has 0 saturated heterocycles. The number of aryl methyl sites for hydroxylation is 2. The van der Waals surface area contributed by atoms with Gasteiger partial charge in [0, 0.05) is 5.56 Å². The largest absolute Gasteiger partial charge is 0.337 e. The molecule has 0 radical (unpaired) electrons. The fourth-order valence-electron chi connectivity index (χ4n) is 1.71. The Morgan fingerprint density at radius 3 is 2.50 bits per heavy atom. The highest BCUT2D eigenvalue weighted by Gasteiger charge is 2.21. The monoisotopic (exact) mass is 291 g/mol. The molecule has 2 aromatic rings. The molecule has 6 nitrogen and oxygen atoms in total. The van der Waals surface area contributed by atoms with Crippen molar-refractivity contribution in [2.24, 2.45) is 0 Å². The fourth-order valence-corrected chi connectivity index (χ4v) is 2.98. The summed E-state index contributed by atoms with van der Waals surface area (Å²) < 4.78 is 31.9. The Balaban J connectivity index is 2.41. The summed E-state index contributed by atoms with van der Waals surface area (Å²) in [6.45, 7) is 5.08. The van der Waals surface area contributed by atoms with Crippen LogP contribution in [0.2, 0.25) is 0 Å². The van der Waals surface area contributed by atoms with Gasteiger partial charge < -0.3 is 4.52 Å². The van der Waals surface area contributed by atoms with Gasteiger partial charge in [0.05, 0.1) is 22.2 Å². The normalized spacial score (nSPS) is 11.1. The van der Waals surface area contributed by atoms with E-state index in [4.69, 9.17) is 9.78 Å². The van der Waals surface area contributed by atoms with Gasteiger partial charge in [-0.05, 0) is 44.5 Å². The van der Waals surface area contributed by atoms with E-state index in [0.29, 0.717) is 22.4 Å². The second-order valence-electron chi connectivity index (χ2n) is 4.42. The van der Waals surface area contributed by atoms with Crippen LogP contribution in [0.5, 0.6) is 0 Å². The lowest BCUT2D eigenvalue weighted by atomic mass is 10.2. The highest BCUT2D eigenvalue weighted by atomic mass is 32.2. The van der Waals surface area contributed by atoms with Gasteiger partial charge in [0.2, 0.25) is 5.88 Å². The summed E-state index contributed by atoms with van der Waals surface area (Å²) in [5.41, 5.74) is 2.16. The van der Waals surface area contributed by atoms with Crippen LogP contribution in [0.25, 0.3) is 0 Å². The number of sulfonamides is 1. The molecule has 0 saturated carbocycles. The molecule has 0 spiro atoms.